The van der Waals surface area contributed by atoms with Gasteiger partial charge in [-0.05, 0) is 31.4 Å². The van der Waals surface area contributed by atoms with Gasteiger partial charge in [-0.15, -0.1) is 11.8 Å². The van der Waals surface area contributed by atoms with Gasteiger partial charge in [0.15, 0.2) is 0 Å². The number of hydrogen-bond donors (Lipinski definition) is 2. The number of halogens is 1. The molecule has 0 aliphatic carbocycles. The lowest BCUT2D eigenvalue weighted by Crippen LogP contribution is -2.52. The fourth-order valence-corrected chi connectivity index (χ4v) is 4.30. The van der Waals surface area contributed by atoms with Crippen molar-refractivity contribution in [2.75, 3.05) is 10.6 Å². The molecule has 1 aromatic heterocycles. The van der Waals surface area contributed by atoms with E-state index < -0.39 is 11.9 Å². The van der Waals surface area contributed by atoms with E-state index in [4.69, 9.17) is 23.1 Å². The Labute approximate surface area is 132 Å². The molecule has 2 unspecified atom stereocenters. The zero-order chi connectivity index (χ0) is 15.9. The molecule has 0 radical (unpaired) electrons. The second-order valence-electron chi connectivity index (χ2n) is 5.83. The number of thioether (sulfide) groups is 1. The van der Waals surface area contributed by atoms with Crippen molar-refractivity contribution in [2.24, 2.45) is 11.7 Å². The molecule has 2 atom stereocenters. The van der Waals surface area contributed by atoms with Crippen LogP contribution in [0, 0.1) is 5.92 Å². The number of rotatable bonds is 3. The summed E-state index contributed by atoms with van der Waals surface area (Å²) in [5.74, 6) is 0.139. The normalized spacial score (nSPS) is 24.6. The Morgan fingerprint density at radius 2 is 2.00 bits per heavy atom. The van der Waals surface area contributed by atoms with E-state index in [1.165, 1.54) is 0 Å². The minimum atomic E-state index is -0.548. The van der Waals surface area contributed by atoms with Crippen molar-refractivity contribution >= 4 is 41.2 Å². The number of amides is 1. The summed E-state index contributed by atoms with van der Waals surface area (Å²) in [4.78, 5) is 25.8. The first kappa shape index (κ1) is 16.1. The van der Waals surface area contributed by atoms with Crippen molar-refractivity contribution < 1.29 is 4.79 Å². The lowest BCUT2D eigenvalue weighted by molar-refractivity contribution is -0.119. The third-order valence-corrected chi connectivity index (χ3v) is 5.33. The molecule has 0 spiro atoms. The molecule has 1 aliphatic rings. The van der Waals surface area contributed by atoms with E-state index in [2.05, 4.69) is 28.8 Å². The molecular formula is C12H19ClN6OS. The first-order chi connectivity index (χ1) is 9.63. The Hall–Kier alpha value is -1.28. The quantitative estimate of drug-likeness (QED) is 0.858. The monoisotopic (exact) mass is 330 g/mol. The van der Waals surface area contributed by atoms with E-state index in [-0.39, 0.29) is 33.2 Å². The molecule has 21 heavy (non-hydrogen) atoms. The van der Waals surface area contributed by atoms with Gasteiger partial charge in [-0.3, -0.25) is 4.79 Å². The molecule has 1 amide bonds. The van der Waals surface area contributed by atoms with Crippen molar-refractivity contribution in [3.05, 3.63) is 5.28 Å². The van der Waals surface area contributed by atoms with Gasteiger partial charge in [0.05, 0.1) is 5.37 Å². The number of nitrogens with zero attached hydrogens (tertiary/aromatic N) is 4. The Morgan fingerprint density at radius 1 is 1.38 bits per heavy atom. The molecule has 116 valence electrons. The summed E-state index contributed by atoms with van der Waals surface area (Å²) < 4.78 is -0.366. The SMILES string of the molecule is CC(C)C1SC(C)(C)C(C(N)=O)N1c1nc(N)nc(Cl)n1. The maximum absolute atomic E-state index is 12.0. The lowest BCUT2D eigenvalue weighted by atomic mass is 10.0. The van der Waals surface area contributed by atoms with Crippen LogP contribution < -0.4 is 16.4 Å². The predicted octanol–water partition coefficient (Wildman–Crippen LogP) is 1.27. The van der Waals surface area contributed by atoms with E-state index in [0.29, 0.717) is 0 Å². The van der Waals surface area contributed by atoms with Crippen molar-refractivity contribution in [3.63, 3.8) is 0 Å². The van der Waals surface area contributed by atoms with Gasteiger partial charge in [-0.2, -0.15) is 15.0 Å². The van der Waals surface area contributed by atoms with E-state index >= 15 is 0 Å². The second kappa shape index (κ2) is 5.49. The minimum Gasteiger partial charge on any atom is -0.368 e. The average Bonchev–Trinajstić information content (AvgIpc) is 2.59. The van der Waals surface area contributed by atoms with Crippen LogP contribution in [0.1, 0.15) is 27.7 Å². The summed E-state index contributed by atoms with van der Waals surface area (Å²) in [5, 5.41) is -0.00620. The largest absolute Gasteiger partial charge is 0.368 e. The van der Waals surface area contributed by atoms with Crippen molar-refractivity contribution in [3.8, 4) is 0 Å². The van der Waals surface area contributed by atoms with Crippen LogP contribution in [-0.4, -0.2) is 37.0 Å². The number of nitrogens with two attached hydrogens (primary N) is 2. The number of carbonyl (C=O) groups excluding carboxylic acids is 1. The van der Waals surface area contributed by atoms with Crippen LogP contribution >= 0.6 is 23.4 Å². The summed E-state index contributed by atoms with van der Waals surface area (Å²) in [7, 11) is 0. The molecule has 1 aliphatic heterocycles. The number of anilines is 2. The van der Waals surface area contributed by atoms with Gasteiger partial charge in [0.1, 0.15) is 6.04 Å². The average molecular weight is 331 g/mol. The third-order valence-electron chi connectivity index (χ3n) is 3.32. The Morgan fingerprint density at radius 3 is 2.48 bits per heavy atom. The molecule has 1 saturated heterocycles. The smallest absolute Gasteiger partial charge is 0.241 e. The van der Waals surface area contributed by atoms with Gasteiger partial charge in [0.2, 0.25) is 23.1 Å². The van der Waals surface area contributed by atoms with E-state index in [1.807, 2.05) is 18.7 Å². The summed E-state index contributed by atoms with van der Waals surface area (Å²) in [6.45, 7) is 8.09. The van der Waals surface area contributed by atoms with Crippen LogP contribution in [0.2, 0.25) is 5.28 Å². The number of aromatic nitrogens is 3. The molecule has 4 N–H and O–H groups in total. The third kappa shape index (κ3) is 3.01. The zero-order valence-corrected chi connectivity index (χ0v) is 13.9. The first-order valence-corrected chi connectivity index (χ1v) is 7.81. The molecule has 0 aromatic carbocycles. The van der Waals surface area contributed by atoms with Crippen LogP contribution in [-0.2, 0) is 4.79 Å². The molecule has 0 saturated carbocycles. The van der Waals surface area contributed by atoms with Gasteiger partial charge in [-0.25, -0.2) is 0 Å². The van der Waals surface area contributed by atoms with Gasteiger partial charge in [0, 0.05) is 4.75 Å². The van der Waals surface area contributed by atoms with Crippen LogP contribution in [0.5, 0.6) is 0 Å². The van der Waals surface area contributed by atoms with Crippen LogP contribution in [0.25, 0.3) is 0 Å². The zero-order valence-electron chi connectivity index (χ0n) is 12.4. The summed E-state index contributed by atoms with van der Waals surface area (Å²) in [6, 6.07) is -0.548. The number of primary amides is 1. The highest BCUT2D eigenvalue weighted by Crippen LogP contribution is 2.48. The lowest BCUT2D eigenvalue weighted by Gasteiger charge is -2.31. The topological polar surface area (TPSA) is 111 Å². The molecule has 1 fully saturated rings. The molecule has 9 heteroatoms. The van der Waals surface area contributed by atoms with Crippen molar-refractivity contribution in [2.45, 2.75) is 43.9 Å². The van der Waals surface area contributed by atoms with E-state index in [9.17, 15) is 4.79 Å². The molecule has 7 nitrogen and oxygen atoms in total. The Kier molecular flexibility index (Phi) is 4.21. The highest BCUT2D eigenvalue weighted by molar-refractivity contribution is 8.01. The Balaban J connectivity index is 2.55. The van der Waals surface area contributed by atoms with E-state index in [0.717, 1.165) is 0 Å². The molecular weight excluding hydrogens is 312 g/mol. The fraction of sp³-hybridized carbons (Fsp3) is 0.667. The molecule has 2 rings (SSSR count). The number of carbonyl (C=O) groups is 1. The number of hydrogen-bond acceptors (Lipinski definition) is 7. The molecule has 2 heterocycles. The summed E-state index contributed by atoms with van der Waals surface area (Å²) in [5.41, 5.74) is 11.3. The Bertz CT molecular complexity index is 546. The van der Waals surface area contributed by atoms with Crippen LogP contribution in [0.3, 0.4) is 0 Å². The van der Waals surface area contributed by atoms with Gasteiger partial charge in [0.25, 0.3) is 0 Å². The van der Waals surface area contributed by atoms with Gasteiger partial charge < -0.3 is 16.4 Å². The molecule has 1 aromatic rings. The van der Waals surface area contributed by atoms with E-state index in [1.54, 1.807) is 11.8 Å². The van der Waals surface area contributed by atoms with Crippen LogP contribution in [0.4, 0.5) is 11.9 Å². The number of nitrogen functional groups attached to an aromatic ring is 1. The van der Waals surface area contributed by atoms with Crippen LogP contribution in [0.15, 0.2) is 0 Å². The first-order valence-electron chi connectivity index (χ1n) is 6.56. The highest BCUT2D eigenvalue weighted by Gasteiger charge is 2.52. The highest BCUT2D eigenvalue weighted by atomic mass is 35.5. The maximum atomic E-state index is 12.0. The summed E-state index contributed by atoms with van der Waals surface area (Å²) >= 11 is 7.53. The van der Waals surface area contributed by atoms with Gasteiger partial charge >= 0.3 is 0 Å². The standard InChI is InChI=1S/C12H19ClN6OS/c1-5(2)8-19(6(7(14)20)12(3,4)21-8)11-17-9(13)16-10(15)18-11/h5-6,8H,1-4H3,(H2,14,20)(H2,15,16,17,18). The predicted molar refractivity (Wildman–Crippen MR) is 85.0 cm³/mol. The fourth-order valence-electron chi connectivity index (χ4n) is 2.55. The van der Waals surface area contributed by atoms with Crippen molar-refractivity contribution in [1.82, 2.24) is 15.0 Å². The van der Waals surface area contributed by atoms with Crippen molar-refractivity contribution in [1.29, 1.82) is 0 Å². The maximum Gasteiger partial charge on any atom is 0.241 e. The molecule has 0 bridgehead atoms. The van der Waals surface area contributed by atoms with Gasteiger partial charge in [-0.1, -0.05) is 13.8 Å². The summed E-state index contributed by atoms with van der Waals surface area (Å²) in [6.07, 6.45) is 0. The second-order valence-corrected chi connectivity index (χ2v) is 7.94. The minimum absolute atomic E-state index is 0.00191.